The van der Waals surface area contributed by atoms with Crippen molar-refractivity contribution in [3.63, 3.8) is 0 Å². The number of aliphatic carboxylic acids is 3. The number of carbonyl (C=O) groups excluding carboxylic acids is 4. The molecule has 118 heavy (non-hydrogen) atoms. The van der Waals surface area contributed by atoms with Crippen LogP contribution in [0.5, 0.6) is 0 Å². The zero-order valence-electron chi connectivity index (χ0n) is 68.5. The summed E-state index contributed by atoms with van der Waals surface area (Å²) in [6, 6.07) is -7.78. The molecule has 0 aromatic carbocycles. The maximum absolute atomic E-state index is 13.9. The number of amides is 4. The van der Waals surface area contributed by atoms with Crippen molar-refractivity contribution >= 4 is 41.5 Å². The van der Waals surface area contributed by atoms with Gasteiger partial charge in [0.1, 0.15) is 105 Å². The molecule has 4 aliphatic heterocycles. The van der Waals surface area contributed by atoms with Crippen LogP contribution in [0.4, 0.5) is 0 Å². The molecular weight excluding hydrogens is 1570 g/mol. The van der Waals surface area contributed by atoms with Crippen LogP contribution in [0.25, 0.3) is 0 Å². The lowest BCUT2D eigenvalue weighted by Gasteiger charge is -2.52. The van der Waals surface area contributed by atoms with E-state index in [1.165, 1.54) is 70.6 Å². The summed E-state index contributed by atoms with van der Waals surface area (Å²) in [6.45, 7) is -1.39. The molecule has 4 amide bonds. The average Bonchev–Trinajstić information content (AvgIpc) is 0.750. The summed E-state index contributed by atoms with van der Waals surface area (Å²) in [4.78, 5) is 93.6. The van der Waals surface area contributed by atoms with Gasteiger partial charge in [0.15, 0.2) is 6.29 Å². The molecule has 4 rings (SSSR count). The standard InChI is InChI=1S/C78H140N4O36/c1-5-7-8-9-10-11-12-13-14-15-16-17-18-19-20-23-27-30-33-48(89)71(104)80-46(61(97)47(88)32-29-26-24-21-22-25-28-31-44(3)6-2)41-111-72-67(103)66(102)65(101)55(114-72)42-112-77(74(107)108)36-54(60(79-45(4)87)70(117-77)64(100)53(94)39-85)115-78(75(109)110)35-50(91)59(69(118-78)63(99)52(93)38-84)82-57(96)43-113-76(73(105)106)34-49(90)58(81-56(95)40-86)68(116-76)62(98)51(92)37-83/h44,46-55,58-70,72,83-86,88-94,97-103H,5-43H2,1-4H3,(H,79,87)(H,80,104)(H,81,95)(H,82,96)(H,105,106)(H,107,108)(H,109,110)/t44?,46?,47?,48?,49-,50-,51+,52+,53+,54-,55+,58+,59+,60+,61?,62+,63+,64+,65+,66-,67+,68+,69+,70+,72?,76?,77?,78?/m0/s1. The van der Waals surface area contributed by atoms with E-state index >= 15 is 0 Å². The van der Waals surface area contributed by atoms with Gasteiger partial charge in [0, 0.05) is 26.2 Å². The number of carboxylic acid groups (broad SMARTS) is 3. The second-order valence-corrected chi connectivity index (χ2v) is 32.1. The average molecular weight is 1710 g/mol. The number of rotatable bonds is 61. The zero-order chi connectivity index (χ0) is 88.0. The maximum Gasteiger partial charge on any atom is 0.364 e. The third-order valence-electron chi connectivity index (χ3n) is 22.6. The smallest absolute Gasteiger partial charge is 0.364 e. The van der Waals surface area contributed by atoms with Crippen LogP contribution in [-0.4, -0.2) is 359 Å². The van der Waals surface area contributed by atoms with Gasteiger partial charge in [0.05, 0.1) is 81.6 Å². The van der Waals surface area contributed by atoms with E-state index in [0.29, 0.717) is 31.6 Å². The quantitative estimate of drug-likeness (QED) is 0.0267. The summed E-state index contributed by atoms with van der Waals surface area (Å²) >= 11 is 0. The number of hydrogen-bond donors (Lipinski definition) is 25. The van der Waals surface area contributed by atoms with Crippen LogP contribution in [0.15, 0.2) is 0 Å². The van der Waals surface area contributed by atoms with Crippen molar-refractivity contribution < 1.29 is 179 Å². The van der Waals surface area contributed by atoms with Crippen molar-refractivity contribution in [3.8, 4) is 0 Å². The van der Waals surface area contributed by atoms with Crippen LogP contribution in [0.2, 0.25) is 0 Å². The Morgan fingerprint density at radius 1 is 0.466 bits per heavy atom. The van der Waals surface area contributed by atoms with E-state index in [1.807, 2.05) is 0 Å². The lowest BCUT2D eigenvalue weighted by Crippen LogP contribution is -2.72. The highest BCUT2D eigenvalue weighted by Gasteiger charge is 2.64. The minimum atomic E-state index is -3.56. The Morgan fingerprint density at radius 2 is 0.873 bits per heavy atom. The molecular formula is C78H140N4O36. The van der Waals surface area contributed by atoms with E-state index in [0.717, 1.165) is 84.0 Å². The van der Waals surface area contributed by atoms with E-state index in [-0.39, 0.29) is 12.8 Å². The van der Waals surface area contributed by atoms with Crippen molar-refractivity contribution in [3.05, 3.63) is 0 Å². The largest absolute Gasteiger partial charge is 0.477 e. The van der Waals surface area contributed by atoms with Crippen molar-refractivity contribution in [2.24, 2.45) is 5.92 Å². The number of carboxylic acids is 3. The summed E-state index contributed by atoms with van der Waals surface area (Å²) < 4.78 is 46.2. The summed E-state index contributed by atoms with van der Waals surface area (Å²) in [7, 11) is 0. The molecule has 0 bridgehead atoms. The normalized spacial score (nSPS) is 30.3. The van der Waals surface area contributed by atoms with Crippen LogP contribution < -0.4 is 21.3 Å². The highest BCUT2D eigenvalue weighted by atomic mass is 16.8. The fourth-order valence-electron chi connectivity index (χ4n) is 15.2. The van der Waals surface area contributed by atoms with Gasteiger partial charge in [-0.15, -0.1) is 0 Å². The second-order valence-electron chi connectivity index (χ2n) is 32.1. The van der Waals surface area contributed by atoms with E-state index < -0.39 is 271 Å². The van der Waals surface area contributed by atoms with E-state index in [2.05, 4.69) is 42.0 Å². The van der Waals surface area contributed by atoms with Crippen LogP contribution in [0, 0.1) is 5.92 Å². The SMILES string of the molecule is CCCCCCCCCCCCCCCCCCCCC(O)C(=O)NC(COC1O[C@H](COC2(C(=O)O)C[C@H](OC3(C(=O)O)C[C@H](O)[C@@H](NC(=O)COC4(C(=O)O)C[C@H](O)[C@@H](NC(=O)CO)[C@H]([C@H](O)[C@H](O)CO)O4)[C@H]([C@H](O)[C@H](O)CO)O3)[C@@H](NC(C)=O)[C@H]([C@H](O)[C@H](O)CO)O2)[C@@H](O)[C@H](O)[C@H]1O)C(O)C(O)CCCCCCCCCC(C)CC. The number of carbonyl (C=O) groups is 7. The molecule has 4 fully saturated rings. The first kappa shape index (κ1) is 106. The highest BCUT2D eigenvalue weighted by Crippen LogP contribution is 2.42. The number of aliphatic hydroxyl groups is 18. The molecule has 28 atom stereocenters. The monoisotopic (exact) mass is 1710 g/mol. The first-order valence-corrected chi connectivity index (χ1v) is 42.1. The van der Waals surface area contributed by atoms with Gasteiger partial charge in [-0.3, -0.25) is 19.2 Å². The second kappa shape index (κ2) is 54.1. The van der Waals surface area contributed by atoms with Gasteiger partial charge >= 0.3 is 17.9 Å². The Labute approximate surface area is 688 Å². The van der Waals surface area contributed by atoms with Gasteiger partial charge in [-0.1, -0.05) is 194 Å². The summed E-state index contributed by atoms with van der Waals surface area (Å²) in [6.07, 6.45) is -19.7. The Bertz CT molecular complexity index is 2900. The molecule has 40 heteroatoms. The molecule has 9 unspecified atom stereocenters. The van der Waals surface area contributed by atoms with Crippen molar-refractivity contribution in [1.29, 1.82) is 0 Å². The van der Waals surface area contributed by atoms with Gasteiger partial charge in [0.2, 0.25) is 23.6 Å². The molecule has 4 aliphatic rings. The molecule has 25 N–H and O–H groups in total. The fourth-order valence-corrected chi connectivity index (χ4v) is 15.2. The predicted octanol–water partition coefficient (Wildman–Crippen LogP) is -3.17. The van der Waals surface area contributed by atoms with Gasteiger partial charge < -0.3 is 166 Å². The minimum Gasteiger partial charge on any atom is -0.477 e. The van der Waals surface area contributed by atoms with Crippen LogP contribution in [-0.2, 0) is 71.5 Å². The van der Waals surface area contributed by atoms with E-state index in [4.69, 9.17) is 37.9 Å². The summed E-state index contributed by atoms with van der Waals surface area (Å²) in [5, 5.41) is 238. The lowest BCUT2D eigenvalue weighted by molar-refractivity contribution is -0.365. The molecule has 0 aliphatic carbocycles. The van der Waals surface area contributed by atoms with Crippen LogP contribution in [0.3, 0.4) is 0 Å². The van der Waals surface area contributed by atoms with Gasteiger partial charge in [-0.2, -0.15) is 0 Å². The number of unbranched alkanes of at least 4 members (excludes halogenated alkanes) is 23. The van der Waals surface area contributed by atoms with Gasteiger partial charge in [-0.25, -0.2) is 14.4 Å². The summed E-state index contributed by atoms with van der Waals surface area (Å²) in [5.41, 5.74) is 0. The predicted molar refractivity (Wildman–Crippen MR) is 411 cm³/mol. The van der Waals surface area contributed by atoms with Crippen molar-refractivity contribution in [2.45, 2.75) is 397 Å². The summed E-state index contributed by atoms with van der Waals surface area (Å²) in [5.74, 6) is -21.0. The first-order valence-electron chi connectivity index (χ1n) is 42.1. The number of nitrogens with one attached hydrogen (secondary N) is 4. The Balaban J connectivity index is 1.60. The molecule has 0 radical (unpaired) electrons. The molecule has 0 spiro atoms. The topological polar surface area (TPSA) is 666 Å². The van der Waals surface area contributed by atoms with Crippen molar-refractivity contribution in [1.82, 2.24) is 21.3 Å². The molecule has 0 saturated carbocycles. The Morgan fingerprint density at radius 3 is 1.31 bits per heavy atom. The van der Waals surface area contributed by atoms with E-state index in [1.54, 1.807) is 0 Å². The number of aliphatic hydroxyl groups excluding tert-OH is 18. The molecule has 0 aromatic rings. The van der Waals surface area contributed by atoms with E-state index in [9.17, 15) is 141 Å². The number of hydrogen-bond acceptors (Lipinski definition) is 33. The van der Waals surface area contributed by atoms with Gasteiger partial charge in [0.25, 0.3) is 17.4 Å². The third kappa shape index (κ3) is 32.7. The third-order valence-corrected chi connectivity index (χ3v) is 22.6. The van der Waals surface area contributed by atoms with Crippen LogP contribution in [0.1, 0.15) is 233 Å². The lowest BCUT2D eigenvalue weighted by atomic mass is 9.86. The zero-order valence-corrected chi connectivity index (χ0v) is 68.5. The maximum atomic E-state index is 13.9. The molecule has 40 nitrogen and oxygen atoms in total. The van der Waals surface area contributed by atoms with Crippen molar-refractivity contribution in [2.75, 3.05) is 46.2 Å². The van der Waals surface area contributed by atoms with Crippen LogP contribution >= 0.6 is 0 Å². The fraction of sp³-hybridized carbons (Fsp3) is 0.910. The number of ether oxygens (including phenoxy) is 8. The Kier molecular flexibility index (Phi) is 48.4. The Hall–Kier alpha value is -4.75. The molecule has 688 valence electrons. The molecule has 4 heterocycles. The minimum absolute atomic E-state index is 0.0266. The molecule has 4 saturated heterocycles. The molecule has 0 aromatic heterocycles. The first-order chi connectivity index (χ1) is 56.0. The van der Waals surface area contributed by atoms with Gasteiger partial charge in [-0.05, 0) is 18.8 Å². The highest BCUT2D eigenvalue weighted by molar-refractivity contribution is 5.82.